The van der Waals surface area contributed by atoms with Crippen molar-refractivity contribution in [3.05, 3.63) is 35.4 Å². The van der Waals surface area contributed by atoms with Crippen LogP contribution in [-0.2, 0) is 21.2 Å². The lowest BCUT2D eigenvalue weighted by molar-refractivity contribution is -0.120. The molecule has 2 rings (SSSR count). The largest absolute Gasteiger partial charge is 0.390 e. The normalized spacial score (nSPS) is 21.8. The smallest absolute Gasteiger partial charge is 0.217 e. The molecule has 1 saturated heterocycles. The topological polar surface area (TPSA) is 98.7 Å². The van der Waals surface area contributed by atoms with Gasteiger partial charge < -0.3 is 15.7 Å². The molecule has 10 heteroatoms. The molecule has 7 nitrogen and oxygen atoms in total. The Kier molecular flexibility index (Phi) is 10.00. The lowest BCUT2D eigenvalue weighted by Crippen LogP contribution is -2.51. The molecule has 194 valence electrons. The first-order chi connectivity index (χ1) is 15.6. The highest BCUT2D eigenvalue weighted by molar-refractivity contribution is 7.88. The van der Waals surface area contributed by atoms with Crippen LogP contribution >= 0.6 is 0 Å². The molecular weight excluding hydrogens is 464 g/mol. The second kappa shape index (κ2) is 11.9. The SMILES string of the molecule is CC(=O)NC(Cc1cc(F)cc(F)c1)C(O)CNCC1CN(S(C)(=O)=O)CCC1CC(C)(C)C. The maximum atomic E-state index is 13.6. The number of hydrogen-bond acceptors (Lipinski definition) is 5. The molecular formula is C24H39F2N3O4S. The van der Waals surface area contributed by atoms with Crippen LogP contribution in [0.2, 0.25) is 0 Å². The summed E-state index contributed by atoms with van der Waals surface area (Å²) in [6.45, 7) is 9.38. The number of rotatable bonds is 10. The Morgan fingerprint density at radius 2 is 1.82 bits per heavy atom. The molecule has 0 aliphatic carbocycles. The van der Waals surface area contributed by atoms with Crippen LogP contribution in [0.3, 0.4) is 0 Å². The minimum Gasteiger partial charge on any atom is -0.390 e. The summed E-state index contributed by atoms with van der Waals surface area (Å²) >= 11 is 0. The van der Waals surface area contributed by atoms with Gasteiger partial charge in [-0.3, -0.25) is 4.79 Å². The molecule has 1 aromatic carbocycles. The summed E-state index contributed by atoms with van der Waals surface area (Å²) in [5.74, 6) is -1.39. The van der Waals surface area contributed by atoms with Gasteiger partial charge in [-0.25, -0.2) is 21.5 Å². The summed E-state index contributed by atoms with van der Waals surface area (Å²) in [6, 6.07) is 2.39. The molecule has 4 atom stereocenters. The summed E-state index contributed by atoms with van der Waals surface area (Å²) in [7, 11) is -3.29. The third-order valence-electron chi connectivity index (χ3n) is 6.19. The van der Waals surface area contributed by atoms with Crippen molar-refractivity contribution in [2.45, 2.75) is 59.1 Å². The van der Waals surface area contributed by atoms with E-state index in [2.05, 4.69) is 31.4 Å². The van der Waals surface area contributed by atoms with E-state index in [0.29, 0.717) is 31.1 Å². The fourth-order valence-corrected chi connectivity index (χ4v) is 5.62. The van der Waals surface area contributed by atoms with Crippen LogP contribution in [0.4, 0.5) is 8.78 Å². The van der Waals surface area contributed by atoms with E-state index in [9.17, 15) is 27.1 Å². The number of benzene rings is 1. The quantitative estimate of drug-likeness (QED) is 0.455. The van der Waals surface area contributed by atoms with Gasteiger partial charge in [0.2, 0.25) is 15.9 Å². The maximum Gasteiger partial charge on any atom is 0.217 e. The van der Waals surface area contributed by atoms with Gasteiger partial charge in [0.1, 0.15) is 11.6 Å². The van der Waals surface area contributed by atoms with E-state index in [4.69, 9.17) is 0 Å². The van der Waals surface area contributed by atoms with E-state index >= 15 is 0 Å². The Morgan fingerprint density at radius 1 is 1.21 bits per heavy atom. The Labute approximate surface area is 202 Å². The van der Waals surface area contributed by atoms with E-state index in [-0.39, 0.29) is 30.2 Å². The molecule has 1 aliphatic heterocycles. The molecule has 0 spiro atoms. The molecule has 1 aliphatic rings. The van der Waals surface area contributed by atoms with E-state index in [0.717, 1.165) is 18.9 Å². The molecule has 0 aromatic heterocycles. The summed E-state index contributed by atoms with van der Waals surface area (Å²) < 4.78 is 52.8. The van der Waals surface area contributed by atoms with Crippen molar-refractivity contribution in [1.82, 2.24) is 14.9 Å². The third kappa shape index (κ3) is 9.56. The predicted octanol–water partition coefficient (Wildman–Crippen LogP) is 2.30. The summed E-state index contributed by atoms with van der Waals surface area (Å²) in [5, 5.41) is 16.6. The monoisotopic (exact) mass is 503 g/mol. The van der Waals surface area contributed by atoms with Gasteiger partial charge in [0.15, 0.2) is 0 Å². The number of halogens is 2. The van der Waals surface area contributed by atoms with Gasteiger partial charge in [-0.15, -0.1) is 0 Å². The average molecular weight is 504 g/mol. The van der Waals surface area contributed by atoms with Crippen LogP contribution < -0.4 is 10.6 Å². The first kappa shape index (κ1) is 28.6. The van der Waals surface area contributed by atoms with Crippen LogP contribution in [0.25, 0.3) is 0 Å². The van der Waals surface area contributed by atoms with Crippen molar-refractivity contribution in [3.8, 4) is 0 Å². The van der Waals surface area contributed by atoms with Crippen LogP contribution in [0.15, 0.2) is 18.2 Å². The molecule has 3 N–H and O–H groups in total. The average Bonchev–Trinajstić information content (AvgIpc) is 2.65. The molecule has 4 unspecified atom stereocenters. The molecule has 1 aromatic rings. The molecule has 0 saturated carbocycles. The Bertz CT molecular complexity index is 916. The van der Waals surface area contributed by atoms with Crippen molar-refractivity contribution in [2.24, 2.45) is 17.3 Å². The van der Waals surface area contributed by atoms with E-state index < -0.39 is 33.8 Å². The van der Waals surface area contributed by atoms with Crippen molar-refractivity contribution < 1.29 is 27.1 Å². The fourth-order valence-electron chi connectivity index (χ4n) is 4.72. The zero-order valence-corrected chi connectivity index (χ0v) is 21.6. The number of nitrogens with one attached hydrogen (secondary N) is 2. The highest BCUT2D eigenvalue weighted by Crippen LogP contribution is 2.34. The van der Waals surface area contributed by atoms with Gasteiger partial charge in [0.25, 0.3) is 0 Å². The van der Waals surface area contributed by atoms with E-state index in [1.54, 1.807) is 0 Å². The van der Waals surface area contributed by atoms with Crippen LogP contribution in [0.5, 0.6) is 0 Å². The van der Waals surface area contributed by atoms with Crippen molar-refractivity contribution in [2.75, 3.05) is 32.4 Å². The Hall–Kier alpha value is -1.62. The van der Waals surface area contributed by atoms with E-state index in [1.807, 2.05) is 0 Å². The van der Waals surface area contributed by atoms with Gasteiger partial charge in [0.05, 0.1) is 18.4 Å². The lowest BCUT2D eigenvalue weighted by Gasteiger charge is -2.40. The van der Waals surface area contributed by atoms with Gasteiger partial charge in [-0.2, -0.15) is 0 Å². The lowest BCUT2D eigenvalue weighted by atomic mass is 9.75. The number of amides is 1. The summed E-state index contributed by atoms with van der Waals surface area (Å²) in [4.78, 5) is 11.7. The Morgan fingerprint density at radius 3 is 2.35 bits per heavy atom. The fraction of sp³-hybridized carbons (Fsp3) is 0.708. The first-order valence-corrected chi connectivity index (χ1v) is 13.5. The molecule has 34 heavy (non-hydrogen) atoms. The van der Waals surface area contributed by atoms with Gasteiger partial charge in [0, 0.05) is 32.6 Å². The minimum atomic E-state index is -3.29. The summed E-state index contributed by atoms with van der Waals surface area (Å²) in [5.41, 5.74) is 0.434. The van der Waals surface area contributed by atoms with Crippen LogP contribution in [-0.4, -0.2) is 68.3 Å². The molecule has 1 amide bonds. The third-order valence-corrected chi connectivity index (χ3v) is 7.46. The number of hydrogen-bond donors (Lipinski definition) is 3. The molecule has 1 fully saturated rings. The van der Waals surface area contributed by atoms with Crippen molar-refractivity contribution in [1.29, 1.82) is 0 Å². The zero-order valence-electron chi connectivity index (χ0n) is 20.8. The summed E-state index contributed by atoms with van der Waals surface area (Å²) in [6.07, 6.45) is 2.01. The van der Waals surface area contributed by atoms with Gasteiger partial charge in [-0.1, -0.05) is 20.8 Å². The second-order valence-corrected chi connectivity index (χ2v) is 12.7. The zero-order chi connectivity index (χ0) is 25.7. The number of carbonyl (C=O) groups excluding carboxylic acids is 1. The van der Waals surface area contributed by atoms with Crippen LogP contribution in [0, 0.1) is 28.9 Å². The van der Waals surface area contributed by atoms with Crippen LogP contribution in [0.1, 0.15) is 46.1 Å². The number of piperidine rings is 1. The standard InChI is InChI=1S/C24H39F2N3O4S/c1-16(30)28-22(10-17-8-20(25)11-21(26)9-17)23(31)14-27-13-19-15-29(34(5,32)33)7-6-18(19)12-24(2,3)4/h8-9,11,18-19,22-23,27,31H,6-7,10,12-15H2,1-5H3,(H,28,30). The second-order valence-electron chi connectivity index (χ2n) is 10.7. The van der Waals surface area contributed by atoms with Gasteiger partial charge >= 0.3 is 0 Å². The predicted molar refractivity (Wildman–Crippen MR) is 129 cm³/mol. The van der Waals surface area contributed by atoms with Crippen molar-refractivity contribution >= 4 is 15.9 Å². The molecule has 0 bridgehead atoms. The van der Waals surface area contributed by atoms with E-state index in [1.165, 1.54) is 29.6 Å². The number of aliphatic hydroxyl groups excluding tert-OH is 1. The van der Waals surface area contributed by atoms with Gasteiger partial charge in [-0.05, 0) is 60.8 Å². The molecule has 0 radical (unpaired) electrons. The first-order valence-electron chi connectivity index (χ1n) is 11.7. The number of carbonyl (C=O) groups is 1. The highest BCUT2D eigenvalue weighted by Gasteiger charge is 2.35. The van der Waals surface area contributed by atoms with Crippen molar-refractivity contribution in [3.63, 3.8) is 0 Å². The number of sulfonamides is 1. The highest BCUT2D eigenvalue weighted by atomic mass is 32.2. The Balaban J connectivity index is 2.04. The number of nitrogens with zero attached hydrogens (tertiary/aromatic N) is 1. The molecule has 1 heterocycles. The minimum absolute atomic E-state index is 0.0645. The number of aliphatic hydroxyl groups is 1. The maximum absolute atomic E-state index is 13.6.